The Hall–Kier alpha value is -0.830. The fourth-order valence-corrected chi connectivity index (χ4v) is 2.79. The van der Waals surface area contributed by atoms with Crippen LogP contribution in [0.3, 0.4) is 0 Å². The van der Waals surface area contributed by atoms with Crippen LogP contribution < -0.4 is 5.73 Å². The molecule has 3 heteroatoms. The van der Waals surface area contributed by atoms with Crippen LogP contribution in [0.1, 0.15) is 68.6 Å². The highest BCUT2D eigenvalue weighted by Gasteiger charge is 2.20. The number of hydrogen-bond acceptors (Lipinski definition) is 2. The summed E-state index contributed by atoms with van der Waals surface area (Å²) in [6.07, 6.45) is 8.76. The molecule has 96 valence electrons. The molecule has 0 radical (unpaired) electrons. The molecule has 0 aromatic carbocycles. The van der Waals surface area contributed by atoms with E-state index < -0.39 is 0 Å². The Kier molecular flexibility index (Phi) is 4.21. The van der Waals surface area contributed by atoms with Gasteiger partial charge in [-0.1, -0.05) is 19.3 Å². The molecule has 1 unspecified atom stereocenters. The molecule has 1 aromatic heterocycles. The molecule has 1 atom stereocenters. The number of nitrogens with one attached hydrogen (secondary N) is 1. The molecule has 0 bridgehead atoms. The van der Waals surface area contributed by atoms with Crippen LogP contribution >= 0.6 is 0 Å². The molecule has 1 saturated carbocycles. The second-order valence-corrected chi connectivity index (χ2v) is 5.54. The standard InChI is InChI=1S/C14H25N3/c1-10(15)8-9-13-16-11(2)14(17-13)12-6-4-3-5-7-12/h10,12H,3-9,15H2,1-2H3,(H,16,17). The average Bonchev–Trinajstić information content (AvgIpc) is 2.69. The summed E-state index contributed by atoms with van der Waals surface area (Å²) in [4.78, 5) is 8.22. The Morgan fingerprint density at radius 1 is 1.35 bits per heavy atom. The number of hydrogen-bond donors (Lipinski definition) is 2. The van der Waals surface area contributed by atoms with Crippen molar-refractivity contribution in [1.29, 1.82) is 0 Å². The number of nitrogens with zero attached hydrogens (tertiary/aromatic N) is 1. The molecule has 0 amide bonds. The number of aromatic amines is 1. The molecule has 0 spiro atoms. The lowest BCUT2D eigenvalue weighted by atomic mass is 9.86. The zero-order valence-electron chi connectivity index (χ0n) is 11.1. The lowest BCUT2D eigenvalue weighted by molar-refractivity contribution is 0.436. The third-order valence-corrected chi connectivity index (χ3v) is 3.80. The van der Waals surface area contributed by atoms with Gasteiger partial charge >= 0.3 is 0 Å². The van der Waals surface area contributed by atoms with Crippen molar-refractivity contribution in [3.05, 3.63) is 17.2 Å². The maximum absolute atomic E-state index is 5.79. The van der Waals surface area contributed by atoms with Gasteiger partial charge in [0.15, 0.2) is 0 Å². The van der Waals surface area contributed by atoms with Gasteiger partial charge < -0.3 is 10.7 Å². The van der Waals surface area contributed by atoms with Gasteiger partial charge in [-0.25, -0.2) is 4.98 Å². The molecule has 1 heterocycles. The zero-order valence-corrected chi connectivity index (χ0v) is 11.1. The number of aryl methyl sites for hydroxylation is 2. The second kappa shape index (κ2) is 5.67. The Labute approximate surface area is 104 Å². The third-order valence-electron chi connectivity index (χ3n) is 3.80. The fraction of sp³-hybridized carbons (Fsp3) is 0.786. The average molecular weight is 235 g/mol. The maximum Gasteiger partial charge on any atom is 0.106 e. The summed E-state index contributed by atoms with van der Waals surface area (Å²) in [5, 5.41) is 0. The topological polar surface area (TPSA) is 54.7 Å². The summed E-state index contributed by atoms with van der Waals surface area (Å²) in [7, 11) is 0. The van der Waals surface area contributed by atoms with Crippen molar-refractivity contribution in [2.45, 2.75) is 70.8 Å². The monoisotopic (exact) mass is 235 g/mol. The molecule has 2 rings (SSSR count). The lowest BCUT2D eigenvalue weighted by Crippen LogP contribution is -2.15. The van der Waals surface area contributed by atoms with Crippen LogP contribution in [-0.2, 0) is 6.42 Å². The van der Waals surface area contributed by atoms with E-state index in [9.17, 15) is 0 Å². The molecule has 3 nitrogen and oxygen atoms in total. The van der Waals surface area contributed by atoms with Crippen LogP contribution in [0, 0.1) is 6.92 Å². The number of imidazole rings is 1. The van der Waals surface area contributed by atoms with Crippen molar-refractivity contribution in [2.24, 2.45) is 5.73 Å². The van der Waals surface area contributed by atoms with Crippen molar-refractivity contribution in [2.75, 3.05) is 0 Å². The Balaban J connectivity index is 2.02. The molecule has 1 aliphatic rings. The number of aromatic nitrogens is 2. The summed E-state index contributed by atoms with van der Waals surface area (Å²) in [5.41, 5.74) is 8.38. The van der Waals surface area contributed by atoms with E-state index in [4.69, 9.17) is 10.7 Å². The van der Waals surface area contributed by atoms with Crippen LogP contribution in [0.2, 0.25) is 0 Å². The minimum absolute atomic E-state index is 0.263. The van der Waals surface area contributed by atoms with E-state index in [-0.39, 0.29) is 6.04 Å². The van der Waals surface area contributed by atoms with Crippen molar-refractivity contribution >= 4 is 0 Å². The van der Waals surface area contributed by atoms with Crippen LogP contribution in [0.4, 0.5) is 0 Å². The molecule has 17 heavy (non-hydrogen) atoms. The zero-order chi connectivity index (χ0) is 12.3. The lowest BCUT2D eigenvalue weighted by Gasteiger charge is -2.20. The molecular formula is C14H25N3. The highest BCUT2D eigenvalue weighted by atomic mass is 14.9. The minimum Gasteiger partial charge on any atom is -0.346 e. The first kappa shape index (κ1) is 12.6. The summed E-state index contributed by atoms with van der Waals surface area (Å²) in [6, 6.07) is 0.263. The van der Waals surface area contributed by atoms with Crippen molar-refractivity contribution in [3.8, 4) is 0 Å². The van der Waals surface area contributed by atoms with E-state index in [0.717, 1.165) is 18.7 Å². The Morgan fingerprint density at radius 3 is 2.71 bits per heavy atom. The van der Waals surface area contributed by atoms with Gasteiger partial charge in [0.25, 0.3) is 0 Å². The molecule has 3 N–H and O–H groups in total. The predicted molar refractivity (Wildman–Crippen MR) is 71.1 cm³/mol. The van der Waals surface area contributed by atoms with Gasteiger partial charge in [-0.2, -0.15) is 0 Å². The quantitative estimate of drug-likeness (QED) is 0.842. The Bertz CT molecular complexity index is 348. The highest BCUT2D eigenvalue weighted by molar-refractivity contribution is 5.18. The van der Waals surface area contributed by atoms with Gasteiger partial charge in [-0.3, -0.25) is 0 Å². The van der Waals surface area contributed by atoms with Crippen LogP contribution in [0.25, 0.3) is 0 Å². The number of rotatable bonds is 4. The first-order valence-electron chi connectivity index (χ1n) is 6.97. The predicted octanol–water partition coefficient (Wildman–Crippen LogP) is 3.05. The van der Waals surface area contributed by atoms with E-state index in [2.05, 4.69) is 18.8 Å². The minimum atomic E-state index is 0.263. The second-order valence-electron chi connectivity index (χ2n) is 5.54. The van der Waals surface area contributed by atoms with Gasteiger partial charge in [0.1, 0.15) is 5.82 Å². The van der Waals surface area contributed by atoms with Gasteiger partial charge in [-0.05, 0) is 33.1 Å². The van der Waals surface area contributed by atoms with Gasteiger partial charge in [0, 0.05) is 24.1 Å². The first-order chi connectivity index (χ1) is 8.16. The van der Waals surface area contributed by atoms with E-state index in [1.807, 2.05) is 0 Å². The van der Waals surface area contributed by atoms with E-state index >= 15 is 0 Å². The van der Waals surface area contributed by atoms with Gasteiger partial charge in [0.2, 0.25) is 0 Å². The Morgan fingerprint density at radius 2 is 2.06 bits per heavy atom. The molecule has 1 fully saturated rings. The van der Waals surface area contributed by atoms with E-state index in [1.165, 1.54) is 43.5 Å². The summed E-state index contributed by atoms with van der Waals surface area (Å²) in [5.74, 6) is 1.82. The molecule has 0 saturated heterocycles. The van der Waals surface area contributed by atoms with Crippen LogP contribution in [0.15, 0.2) is 0 Å². The normalized spacial score (nSPS) is 19.5. The van der Waals surface area contributed by atoms with Crippen molar-refractivity contribution < 1.29 is 0 Å². The third kappa shape index (κ3) is 3.32. The molecule has 1 aliphatic carbocycles. The van der Waals surface area contributed by atoms with E-state index in [1.54, 1.807) is 0 Å². The molecule has 1 aromatic rings. The smallest absolute Gasteiger partial charge is 0.106 e. The first-order valence-corrected chi connectivity index (χ1v) is 6.97. The summed E-state index contributed by atoms with van der Waals surface area (Å²) >= 11 is 0. The fourth-order valence-electron chi connectivity index (χ4n) is 2.79. The number of nitrogens with two attached hydrogens (primary N) is 1. The van der Waals surface area contributed by atoms with Crippen LogP contribution in [0.5, 0.6) is 0 Å². The van der Waals surface area contributed by atoms with Crippen LogP contribution in [-0.4, -0.2) is 16.0 Å². The largest absolute Gasteiger partial charge is 0.346 e. The SMILES string of the molecule is Cc1[nH]c(CCC(C)N)nc1C1CCCCC1. The van der Waals surface area contributed by atoms with Gasteiger partial charge in [0.05, 0.1) is 5.69 Å². The maximum atomic E-state index is 5.79. The van der Waals surface area contributed by atoms with Crippen molar-refractivity contribution in [1.82, 2.24) is 9.97 Å². The number of H-pyrrole nitrogens is 1. The van der Waals surface area contributed by atoms with Crippen molar-refractivity contribution in [3.63, 3.8) is 0 Å². The molecular weight excluding hydrogens is 210 g/mol. The molecule has 0 aliphatic heterocycles. The summed E-state index contributed by atoms with van der Waals surface area (Å²) in [6.45, 7) is 4.21. The van der Waals surface area contributed by atoms with Gasteiger partial charge in [-0.15, -0.1) is 0 Å². The summed E-state index contributed by atoms with van der Waals surface area (Å²) < 4.78 is 0. The highest BCUT2D eigenvalue weighted by Crippen LogP contribution is 2.33. The van der Waals surface area contributed by atoms with E-state index in [0.29, 0.717) is 5.92 Å².